The van der Waals surface area contributed by atoms with E-state index < -0.39 is 0 Å². The van der Waals surface area contributed by atoms with Crippen molar-refractivity contribution in [1.29, 1.82) is 0 Å². The van der Waals surface area contributed by atoms with E-state index in [1.165, 1.54) is 16.3 Å². The van der Waals surface area contributed by atoms with Crippen molar-refractivity contribution in [3.8, 4) is 0 Å². The van der Waals surface area contributed by atoms with Crippen LogP contribution in [0.1, 0.15) is 44.7 Å². The molecule has 4 heteroatoms. The monoisotopic (exact) mass is 339 g/mol. The van der Waals surface area contributed by atoms with Gasteiger partial charge in [0.05, 0.1) is 12.1 Å². The lowest BCUT2D eigenvalue weighted by molar-refractivity contribution is 0.136. The standard InChI is InChI=1S/C21H29N3O/c1-3-22-21(23-14-17-10-7-13-20(17)25)24-15(2)18-12-6-9-16-8-4-5-11-19(16)18/h4-6,8-9,11-12,15,17,20,25H,3,7,10,13-14H2,1-2H3,(H2,22,23,24). The molecule has 0 radical (unpaired) electrons. The second kappa shape index (κ2) is 8.34. The van der Waals surface area contributed by atoms with Gasteiger partial charge in [-0.25, -0.2) is 0 Å². The molecule has 25 heavy (non-hydrogen) atoms. The summed E-state index contributed by atoms with van der Waals surface area (Å²) in [5.41, 5.74) is 1.27. The highest BCUT2D eigenvalue weighted by Gasteiger charge is 2.24. The van der Waals surface area contributed by atoms with E-state index in [0.717, 1.165) is 31.8 Å². The fraction of sp³-hybridized carbons (Fsp3) is 0.476. The molecule has 0 aromatic heterocycles. The maximum Gasteiger partial charge on any atom is 0.191 e. The molecule has 2 aromatic rings. The Hall–Kier alpha value is -2.07. The van der Waals surface area contributed by atoms with Crippen LogP contribution >= 0.6 is 0 Å². The van der Waals surface area contributed by atoms with Gasteiger partial charge in [-0.1, -0.05) is 48.9 Å². The van der Waals surface area contributed by atoms with E-state index in [2.05, 4.69) is 66.9 Å². The Bertz CT molecular complexity index is 723. The van der Waals surface area contributed by atoms with E-state index in [0.29, 0.717) is 12.5 Å². The summed E-state index contributed by atoms with van der Waals surface area (Å²) >= 11 is 0. The predicted octanol–water partition coefficient (Wildman–Crippen LogP) is 3.62. The third-order valence-corrected chi connectivity index (χ3v) is 5.09. The molecule has 134 valence electrons. The smallest absolute Gasteiger partial charge is 0.191 e. The van der Waals surface area contributed by atoms with Gasteiger partial charge in [0.15, 0.2) is 5.96 Å². The summed E-state index contributed by atoms with van der Waals surface area (Å²) in [5, 5.41) is 19.4. The lowest BCUT2D eigenvalue weighted by Gasteiger charge is -2.20. The Labute approximate surface area is 150 Å². The number of aliphatic hydroxyl groups is 1. The fourth-order valence-electron chi connectivity index (χ4n) is 3.67. The van der Waals surface area contributed by atoms with Crippen molar-refractivity contribution in [2.75, 3.05) is 13.1 Å². The summed E-state index contributed by atoms with van der Waals surface area (Å²) in [6.45, 7) is 5.74. The summed E-state index contributed by atoms with van der Waals surface area (Å²) in [4.78, 5) is 4.73. The molecule has 0 aliphatic heterocycles. The fourth-order valence-corrected chi connectivity index (χ4v) is 3.67. The SMILES string of the molecule is CCNC(=NCC1CCCC1O)NC(C)c1cccc2ccccc12. The van der Waals surface area contributed by atoms with Gasteiger partial charge in [-0.3, -0.25) is 4.99 Å². The molecular formula is C21H29N3O. The Balaban J connectivity index is 1.74. The van der Waals surface area contributed by atoms with Crippen LogP contribution in [-0.2, 0) is 0 Å². The number of guanidine groups is 1. The number of hydrogen-bond acceptors (Lipinski definition) is 2. The first kappa shape index (κ1) is 17.7. The van der Waals surface area contributed by atoms with Crippen molar-refractivity contribution < 1.29 is 5.11 Å². The molecule has 3 N–H and O–H groups in total. The molecule has 3 atom stereocenters. The first-order valence-corrected chi connectivity index (χ1v) is 9.39. The van der Waals surface area contributed by atoms with Gasteiger partial charge in [0.25, 0.3) is 0 Å². The van der Waals surface area contributed by atoms with Crippen LogP contribution in [-0.4, -0.2) is 30.3 Å². The van der Waals surface area contributed by atoms with Crippen molar-refractivity contribution in [2.24, 2.45) is 10.9 Å². The van der Waals surface area contributed by atoms with Crippen LogP contribution in [0.25, 0.3) is 10.8 Å². The summed E-state index contributed by atoms with van der Waals surface area (Å²) in [6, 6.07) is 15.0. The first-order valence-electron chi connectivity index (χ1n) is 9.39. The van der Waals surface area contributed by atoms with Gasteiger partial charge in [-0.05, 0) is 43.0 Å². The van der Waals surface area contributed by atoms with Crippen molar-refractivity contribution in [1.82, 2.24) is 10.6 Å². The van der Waals surface area contributed by atoms with Crippen LogP contribution in [0.15, 0.2) is 47.5 Å². The molecule has 1 aliphatic rings. The van der Waals surface area contributed by atoms with Gasteiger partial charge in [0, 0.05) is 19.0 Å². The number of aliphatic imine (C=N–C) groups is 1. The summed E-state index contributed by atoms with van der Waals surface area (Å²) in [6.07, 6.45) is 2.90. The highest BCUT2D eigenvalue weighted by Crippen LogP contribution is 2.26. The third kappa shape index (κ3) is 4.31. The largest absolute Gasteiger partial charge is 0.393 e. The van der Waals surface area contributed by atoms with Crippen LogP contribution in [0, 0.1) is 5.92 Å². The molecule has 1 fully saturated rings. The Morgan fingerprint density at radius 2 is 2.00 bits per heavy atom. The lowest BCUT2D eigenvalue weighted by Crippen LogP contribution is -2.39. The molecule has 0 saturated heterocycles. The Morgan fingerprint density at radius 1 is 1.20 bits per heavy atom. The van der Waals surface area contributed by atoms with E-state index in [1.54, 1.807) is 0 Å². The van der Waals surface area contributed by atoms with Crippen LogP contribution in [0.3, 0.4) is 0 Å². The number of benzene rings is 2. The van der Waals surface area contributed by atoms with Crippen molar-refractivity contribution in [2.45, 2.75) is 45.3 Å². The second-order valence-electron chi connectivity index (χ2n) is 6.91. The van der Waals surface area contributed by atoms with Gasteiger partial charge in [0.2, 0.25) is 0 Å². The maximum atomic E-state index is 10.00. The molecule has 0 heterocycles. The van der Waals surface area contributed by atoms with Gasteiger partial charge in [0.1, 0.15) is 0 Å². The molecular weight excluding hydrogens is 310 g/mol. The quantitative estimate of drug-likeness (QED) is 0.576. The molecule has 0 spiro atoms. The molecule has 0 bridgehead atoms. The summed E-state index contributed by atoms with van der Waals surface area (Å²) in [5.74, 6) is 1.12. The number of nitrogens with zero attached hydrogens (tertiary/aromatic N) is 1. The van der Waals surface area contributed by atoms with Gasteiger partial charge in [-0.15, -0.1) is 0 Å². The molecule has 3 unspecified atom stereocenters. The topological polar surface area (TPSA) is 56.7 Å². The maximum absolute atomic E-state index is 10.00. The van der Waals surface area contributed by atoms with E-state index in [-0.39, 0.29) is 12.1 Å². The van der Waals surface area contributed by atoms with Crippen molar-refractivity contribution in [3.63, 3.8) is 0 Å². The molecule has 4 nitrogen and oxygen atoms in total. The lowest BCUT2D eigenvalue weighted by atomic mass is 10.00. The molecule has 1 aliphatic carbocycles. The summed E-state index contributed by atoms with van der Waals surface area (Å²) in [7, 11) is 0. The Kier molecular flexibility index (Phi) is 5.92. The highest BCUT2D eigenvalue weighted by atomic mass is 16.3. The van der Waals surface area contributed by atoms with E-state index >= 15 is 0 Å². The van der Waals surface area contributed by atoms with Crippen LogP contribution in [0.2, 0.25) is 0 Å². The van der Waals surface area contributed by atoms with Crippen LogP contribution in [0.5, 0.6) is 0 Å². The van der Waals surface area contributed by atoms with Crippen LogP contribution < -0.4 is 10.6 Å². The molecule has 2 aromatic carbocycles. The van der Waals surface area contributed by atoms with Crippen LogP contribution in [0.4, 0.5) is 0 Å². The number of hydrogen-bond donors (Lipinski definition) is 3. The molecule has 1 saturated carbocycles. The number of aliphatic hydroxyl groups excluding tert-OH is 1. The normalized spacial score (nSPS) is 22.1. The minimum absolute atomic E-state index is 0.150. The third-order valence-electron chi connectivity index (χ3n) is 5.09. The van der Waals surface area contributed by atoms with Crippen molar-refractivity contribution >= 4 is 16.7 Å². The van der Waals surface area contributed by atoms with Gasteiger partial charge < -0.3 is 15.7 Å². The number of nitrogens with one attached hydrogen (secondary N) is 2. The predicted molar refractivity (Wildman–Crippen MR) is 105 cm³/mol. The molecule has 0 amide bonds. The summed E-state index contributed by atoms with van der Waals surface area (Å²) < 4.78 is 0. The minimum Gasteiger partial charge on any atom is -0.393 e. The average Bonchev–Trinajstić information content (AvgIpc) is 3.04. The number of fused-ring (bicyclic) bond motifs is 1. The van der Waals surface area contributed by atoms with E-state index in [9.17, 15) is 5.11 Å². The highest BCUT2D eigenvalue weighted by molar-refractivity contribution is 5.87. The zero-order valence-electron chi connectivity index (χ0n) is 15.2. The average molecular weight is 339 g/mol. The molecule has 3 rings (SSSR count). The van der Waals surface area contributed by atoms with Gasteiger partial charge >= 0.3 is 0 Å². The minimum atomic E-state index is -0.192. The van der Waals surface area contributed by atoms with Crippen molar-refractivity contribution in [3.05, 3.63) is 48.0 Å². The first-order chi connectivity index (χ1) is 12.2. The zero-order valence-corrected chi connectivity index (χ0v) is 15.2. The Morgan fingerprint density at radius 3 is 2.76 bits per heavy atom. The second-order valence-corrected chi connectivity index (χ2v) is 6.91. The zero-order chi connectivity index (χ0) is 17.6. The van der Waals surface area contributed by atoms with Gasteiger partial charge in [-0.2, -0.15) is 0 Å². The van der Waals surface area contributed by atoms with E-state index in [4.69, 9.17) is 4.99 Å². The van der Waals surface area contributed by atoms with E-state index in [1.807, 2.05) is 0 Å². The number of rotatable bonds is 5.